The SMILES string of the molecule is CC(Nc1nc(-c2cccnc2)nc2ccccc12)C(O)Cc1ccccc1. The first-order valence-electron chi connectivity index (χ1n) is 9.36. The van der Waals surface area contributed by atoms with Gasteiger partial charge in [-0.05, 0) is 36.8 Å². The number of nitrogens with zero attached hydrogens (tertiary/aromatic N) is 3. The highest BCUT2D eigenvalue weighted by molar-refractivity contribution is 5.90. The fourth-order valence-corrected chi connectivity index (χ4v) is 3.15. The largest absolute Gasteiger partial charge is 0.391 e. The summed E-state index contributed by atoms with van der Waals surface area (Å²) in [7, 11) is 0. The summed E-state index contributed by atoms with van der Waals surface area (Å²) in [5.41, 5.74) is 2.81. The molecule has 28 heavy (non-hydrogen) atoms. The molecule has 0 saturated carbocycles. The number of hydrogen-bond acceptors (Lipinski definition) is 5. The van der Waals surface area contributed by atoms with E-state index in [1.807, 2.05) is 73.7 Å². The molecule has 140 valence electrons. The number of hydrogen-bond donors (Lipinski definition) is 2. The highest BCUT2D eigenvalue weighted by atomic mass is 16.3. The van der Waals surface area contributed by atoms with Gasteiger partial charge < -0.3 is 10.4 Å². The number of pyridine rings is 1. The van der Waals surface area contributed by atoms with E-state index in [9.17, 15) is 5.11 Å². The van der Waals surface area contributed by atoms with Crippen LogP contribution in [0.3, 0.4) is 0 Å². The van der Waals surface area contributed by atoms with Crippen molar-refractivity contribution in [3.05, 3.63) is 84.7 Å². The topological polar surface area (TPSA) is 70.9 Å². The van der Waals surface area contributed by atoms with Gasteiger partial charge in [0.25, 0.3) is 0 Å². The maximum atomic E-state index is 10.7. The Balaban J connectivity index is 1.63. The van der Waals surface area contributed by atoms with Gasteiger partial charge in [-0.25, -0.2) is 9.97 Å². The standard InChI is InChI=1S/C23H22N4O/c1-16(21(28)14-17-8-3-2-4-9-17)25-23-19-11-5-6-12-20(19)26-22(27-23)18-10-7-13-24-15-18/h2-13,15-16,21,28H,14H2,1H3,(H,25,26,27). The lowest BCUT2D eigenvalue weighted by Gasteiger charge is -2.22. The maximum absolute atomic E-state index is 10.7. The van der Waals surface area contributed by atoms with Crippen molar-refractivity contribution in [2.45, 2.75) is 25.5 Å². The van der Waals surface area contributed by atoms with Gasteiger partial charge in [0.05, 0.1) is 17.7 Å². The molecule has 2 heterocycles. The van der Waals surface area contributed by atoms with Crippen LogP contribution in [-0.4, -0.2) is 32.2 Å². The number of rotatable bonds is 6. The molecule has 0 spiro atoms. The van der Waals surface area contributed by atoms with E-state index in [0.717, 1.165) is 22.0 Å². The van der Waals surface area contributed by atoms with Crippen LogP contribution in [-0.2, 0) is 6.42 Å². The Bertz CT molecular complexity index is 1050. The second-order valence-corrected chi connectivity index (χ2v) is 6.84. The van der Waals surface area contributed by atoms with Crippen LogP contribution in [0.2, 0.25) is 0 Å². The van der Waals surface area contributed by atoms with E-state index in [-0.39, 0.29) is 6.04 Å². The van der Waals surface area contributed by atoms with Crippen molar-refractivity contribution in [2.24, 2.45) is 0 Å². The summed E-state index contributed by atoms with van der Waals surface area (Å²) in [4.78, 5) is 13.6. The lowest BCUT2D eigenvalue weighted by molar-refractivity contribution is 0.158. The van der Waals surface area contributed by atoms with E-state index in [1.54, 1.807) is 12.4 Å². The molecule has 0 radical (unpaired) electrons. The molecule has 2 aromatic carbocycles. The van der Waals surface area contributed by atoms with Crippen LogP contribution >= 0.6 is 0 Å². The van der Waals surface area contributed by atoms with E-state index < -0.39 is 6.10 Å². The van der Waals surface area contributed by atoms with Gasteiger partial charge in [-0.15, -0.1) is 0 Å². The van der Waals surface area contributed by atoms with Gasteiger partial charge in [-0.2, -0.15) is 0 Å². The average molecular weight is 370 g/mol. The molecule has 4 aromatic rings. The van der Waals surface area contributed by atoms with Crippen molar-refractivity contribution in [3.63, 3.8) is 0 Å². The summed E-state index contributed by atoms with van der Waals surface area (Å²) < 4.78 is 0. The van der Waals surface area contributed by atoms with Crippen LogP contribution < -0.4 is 5.32 Å². The molecule has 0 saturated heterocycles. The van der Waals surface area contributed by atoms with Gasteiger partial charge in [0.1, 0.15) is 5.82 Å². The number of para-hydroxylation sites is 1. The first-order valence-corrected chi connectivity index (χ1v) is 9.36. The molecular formula is C23H22N4O. The van der Waals surface area contributed by atoms with Crippen LogP contribution in [0, 0.1) is 0 Å². The van der Waals surface area contributed by atoms with Crippen LogP contribution in [0.15, 0.2) is 79.1 Å². The predicted molar refractivity (Wildman–Crippen MR) is 112 cm³/mol. The minimum Gasteiger partial charge on any atom is -0.391 e. The third kappa shape index (κ3) is 4.00. The molecule has 0 fully saturated rings. The molecule has 4 rings (SSSR count). The molecule has 2 atom stereocenters. The zero-order valence-corrected chi connectivity index (χ0v) is 15.7. The fraction of sp³-hybridized carbons (Fsp3) is 0.174. The molecule has 0 aliphatic heterocycles. The van der Waals surface area contributed by atoms with Gasteiger partial charge >= 0.3 is 0 Å². The Morgan fingerprint density at radius 3 is 2.50 bits per heavy atom. The summed E-state index contributed by atoms with van der Waals surface area (Å²) in [5.74, 6) is 1.32. The molecule has 2 N–H and O–H groups in total. The van der Waals surface area contributed by atoms with E-state index in [1.165, 1.54) is 0 Å². The van der Waals surface area contributed by atoms with Crippen molar-refractivity contribution in [3.8, 4) is 11.4 Å². The number of aliphatic hydroxyl groups is 1. The molecule has 0 bridgehead atoms. The average Bonchev–Trinajstić information content (AvgIpc) is 2.75. The van der Waals surface area contributed by atoms with E-state index >= 15 is 0 Å². The lowest BCUT2D eigenvalue weighted by atomic mass is 10.0. The third-order valence-corrected chi connectivity index (χ3v) is 4.75. The zero-order chi connectivity index (χ0) is 19.3. The van der Waals surface area contributed by atoms with Gasteiger partial charge in [0.2, 0.25) is 0 Å². The van der Waals surface area contributed by atoms with Crippen molar-refractivity contribution >= 4 is 16.7 Å². The first kappa shape index (κ1) is 18.1. The van der Waals surface area contributed by atoms with Crippen LogP contribution in [0.25, 0.3) is 22.3 Å². The molecule has 0 aliphatic carbocycles. The van der Waals surface area contributed by atoms with E-state index in [4.69, 9.17) is 4.98 Å². The first-order chi connectivity index (χ1) is 13.7. The minimum absolute atomic E-state index is 0.180. The molecule has 0 amide bonds. The van der Waals surface area contributed by atoms with E-state index in [0.29, 0.717) is 18.1 Å². The molecular weight excluding hydrogens is 348 g/mol. The number of anilines is 1. The summed E-state index contributed by atoms with van der Waals surface area (Å²) in [6.07, 6.45) is 3.51. The van der Waals surface area contributed by atoms with Gasteiger partial charge in [-0.1, -0.05) is 42.5 Å². The lowest BCUT2D eigenvalue weighted by Crippen LogP contribution is -2.32. The van der Waals surface area contributed by atoms with Crippen molar-refractivity contribution in [1.82, 2.24) is 15.0 Å². The third-order valence-electron chi connectivity index (χ3n) is 4.75. The molecule has 0 aliphatic rings. The Kier molecular flexibility index (Phi) is 5.26. The Labute approximate surface area is 164 Å². The number of aromatic nitrogens is 3. The Morgan fingerprint density at radius 2 is 1.71 bits per heavy atom. The van der Waals surface area contributed by atoms with Crippen molar-refractivity contribution in [2.75, 3.05) is 5.32 Å². The molecule has 2 aromatic heterocycles. The van der Waals surface area contributed by atoms with E-state index in [2.05, 4.69) is 15.3 Å². The number of benzene rings is 2. The molecule has 5 nitrogen and oxygen atoms in total. The van der Waals surface area contributed by atoms with Gasteiger partial charge in [0.15, 0.2) is 5.82 Å². The second kappa shape index (κ2) is 8.15. The number of fused-ring (bicyclic) bond motifs is 1. The monoisotopic (exact) mass is 370 g/mol. The van der Waals surface area contributed by atoms with Crippen molar-refractivity contribution in [1.29, 1.82) is 0 Å². The summed E-state index contributed by atoms with van der Waals surface area (Å²) in [6, 6.07) is 21.5. The van der Waals surface area contributed by atoms with Crippen LogP contribution in [0.4, 0.5) is 5.82 Å². The quantitative estimate of drug-likeness (QED) is 0.535. The minimum atomic E-state index is -0.544. The fourth-order valence-electron chi connectivity index (χ4n) is 3.15. The number of nitrogens with one attached hydrogen (secondary N) is 1. The second-order valence-electron chi connectivity index (χ2n) is 6.84. The molecule has 5 heteroatoms. The molecule has 2 unspecified atom stereocenters. The smallest absolute Gasteiger partial charge is 0.163 e. The number of aliphatic hydroxyl groups excluding tert-OH is 1. The van der Waals surface area contributed by atoms with Crippen molar-refractivity contribution < 1.29 is 5.11 Å². The highest BCUT2D eigenvalue weighted by Crippen LogP contribution is 2.25. The van der Waals surface area contributed by atoms with Gasteiger partial charge in [-0.3, -0.25) is 4.98 Å². The summed E-state index contributed by atoms with van der Waals surface area (Å²) >= 11 is 0. The van der Waals surface area contributed by atoms with Crippen LogP contribution in [0.1, 0.15) is 12.5 Å². The Hall–Kier alpha value is -3.31. The summed E-state index contributed by atoms with van der Waals surface area (Å²) in [6.45, 7) is 1.97. The normalized spacial score (nSPS) is 13.2. The van der Waals surface area contributed by atoms with Gasteiger partial charge in [0, 0.05) is 29.8 Å². The summed E-state index contributed by atoms with van der Waals surface area (Å²) in [5, 5.41) is 15.0. The maximum Gasteiger partial charge on any atom is 0.163 e. The zero-order valence-electron chi connectivity index (χ0n) is 15.7. The van der Waals surface area contributed by atoms with Crippen LogP contribution in [0.5, 0.6) is 0 Å². The highest BCUT2D eigenvalue weighted by Gasteiger charge is 2.17. The predicted octanol–water partition coefficient (Wildman–Crippen LogP) is 4.10. The Morgan fingerprint density at radius 1 is 0.929 bits per heavy atom.